The molecule has 0 unspecified atom stereocenters. The lowest BCUT2D eigenvalue weighted by Gasteiger charge is -2.29. The summed E-state index contributed by atoms with van der Waals surface area (Å²) in [6, 6.07) is 17.6. The van der Waals surface area contributed by atoms with Crippen LogP contribution in [-0.2, 0) is 0 Å². The van der Waals surface area contributed by atoms with Crippen LogP contribution in [0.2, 0.25) is 0 Å². The molecule has 0 spiro atoms. The van der Waals surface area contributed by atoms with Crippen molar-refractivity contribution < 1.29 is 4.74 Å². The molecule has 0 aliphatic heterocycles. The van der Waals surface area contributed by atoms with Crippen LogP contribution in [0.25, 0.3) is 11.1 Å². The predicted octanol–water partition coefficient (Wildman–Crippen LogP) is 8.00. The summed E-state index contributed by atoms with van der Waals surface area (Å²) < 4.78 is 5.25. The second kappa shape index (κ2) is 10.5. The standard InChI is InChI=1S/C26H36O/c1-3-4-5-6-7-8-21-9-11-22(12-10-21)23-13-15-24(16-14-23)25-17-19-26(27-2)20-18-25/h13-22H,3-12H2,1-2H3. The lowest BCUT2D eigenvalue weighted by molar-refractivity contribution is 0.302. The molecule has 0 bridgehead atoms. The number of benzene rings is 2. The Labute approximate surface area is 166 Å². The minimum atomic E-state index is 0.770. The van der Waals surface area contributed by atoms with Gasteiger partial charge >= 0.3 is 0 Å². The highest BCUT2D eigenvalue weighted by molar-refractivity contribution is 5.64. The molecule has 1 aliphatic rings. The van der Waals surface area contributed by atoms with E-state index in [4.69, 9.17) is 4.74 Å². The summed E-state index contributed by atoms with van der Waals surface area (Å²) in [7, 11) is 1.71. The van der Waals surface area contributed by atoms with Gasteiger partial charge in [-0.2, -0.15) is 0 Å². The average Bonchev–Trinajstić information content (AvgIpc) is 2.74. The van der Waals surface area contributed by atoms with Gasteiger partial charge in [0, 0.05) is 0 Å². The van der Waals surface area contributed by atoms with E-state index in [2.05, 4.69) is 43.3 Å². The Morgan fingerprint density at radius 2 is 1.33 bits per heavy atom. The first-order valence-electron chi connectivity index (χ1n) is 11.0. The third kappa shape index (κ3) is 5.86. The van der Waals surface area contributed by atoms with Crippen molar-refractivity contribution in [1.29, 1.82) is 0 Å². The lowest BCUT2D eigenvalue weighted by atomic mass is 9.77. The van der Waals surface area contributed by atoms with Crippen LogP contribution in [-0.4, -0.2) is 7.11 Å². The van der Waals surface area contributed by atoms with Gasteiger partial charge in [0.1, 0.15) is 5.75 Å². The van der Waals surface area contributed by atoms with Crippen molar-refractivity contribution in [2.45, 2.75) is 77.0 Å². The summed E-state index contributed by atoms with van der Waals surface area (Å²) >= 11 is 0. The van der Waals surface area contributed by atoms with Crippen LogP contribution in [0.15, 0.2) is 48.5 Å². The van der Waals surface area contributed by atoms with Gasteiger partial charge in [-0.3, -0.25) is 0 Å². The second-order valence-electron chi connectivity index (χ2n) is 8.27. The molecule has 27 heavy (non-hydrogen) atoms. The van der Waals surface area contributed by atoms with E-state index in [0.717, 1.165) is 17.6 Å². The van der Waals surface area contributed by atoms with E-state index in [1.807, 2.05) is 12.1 Å². The van der Waals surface area contributed by atoms with Crippen molar-refractivity contribution in [1.82, 2.24) is 0 Å². The van der Waals surface area contributed by atoms with Crippen LogP contribution in [0.4, 0.5) is 0 Å². The third-order valence-corrected chi connectivity index (χ3v) is 6.37. The molecule has 0 saturated heterocycles. The Hall–Kier alpha value is -1.76. The highest BCUT2D eigenvalue weighted by atomic mass is 16.5. The van der Waals surface area contributed by atoms with Crippen LogP contribution in [0.5, 0.6) is 5.75 Å². The van der Waals surface area contributed by atoms with Crippen LogP contribution in [0.3, 0.4) is 0 Å². The molecule has 146 valence electrons. The Kier molecular flexibility index (Phi) is 7.80. The molecule has 0 amide bonds. The maximum absolute atomic E-state index is 5.25. The van der Waals surface area contributed by atoms with Crippen LogP contribution < -0.4 is 4.74 Å². The monoisotopic (exact) mass is 364 g/mol. The molecule has 2 aromatic carbocycles. The van der Waals surface area contributed by atoms with E-state index in [1.54, 1.807) is 7.11 Å². The minimum absolute atomic E-state index is 0.770. The molecule has 2 aromatic rings. The fourth-order valence-corrected chi connectivity index (χ4v) is 4.55. The lowest BCUT2D eigenvalue weighted by Crippen LogP contribution is -2.13. The van der Waals surface area contributed by atoms with Crippen LogP contribution in [0, 0.1) is 5.92 Å². The molecule has 1 fully saturated rings. The Morgan fingerprint density at radius 3 is 1.93 bits per heavy atom. The molecule has 1 saturated carbocycles. The summed E-state index contributed by atoms with van der Waals surface area (Å²) in [6.45, 7) is 2.30. The molecule has 0 atom stereocenters. The van der Waals surface area contributed by atoms with Gasteiger partial charge < -0.3 is 4.74 Å². The first-order chi connectivity index (χ1) is 13.3. The predicted molar refractivity (Wildman–Crippen MR) is 117 cm³/mol. The number of ether oxygens (including phenoxy) is 1. The van der Waals surface area contributed by atoms with Crippen molar-refractivity contribution >= 4 is 0 Å². The van der Waals surface area contributed by atoms with E-state index in [9.17, 15) is 0 Å². The summed E-state index contributed by atoms with van der Waals surface area (Å²) in [5, 5.41) is 0. The minimum Gasteiger partial charge on any atom is -0.497 e. The van der Waals surface area contributed by atoms with E-state index >= 15 is 0 Å². The average molecular weight is 365 g/mol. The first kappa shape index (κ1) is 20.0. The molecule has 1 nitrogen and oxygen atoms in total. The molecular weight excluding hydrogens is 328 g/mol. The van der Waals surface area contributed by atoms with Gasteiger partial charge in [-0.15, -0.1) is 0 Å². The zero-order chi connectivity index (χ0) is 18.9. The summed E-state index contributed by atoms with van der Waals surface area (Å²) in [5.41, 5.74) is 4.09. The van der Waals surface area contributed by atoms with Gasteiger partial charge in [0.15, 0.2) is 0 Å². The second-order valence-corrected chi connectivity index (χ2v) is 8.27. The zero-order valence-corrected chi connectivity index (χ0v) is 17.3. The molecule has 1 aliphatic carbocycles. The largest absolute Gasteiger partial charge is 0.497 e. The third-order valence-electron chi connectivity index (χ3n) is 6.37. The highest BCUT2D eigenvalue weighted by Crippen LogP contribution is 2.38. The maximum Gasteiger partial charge on any atom is 0.118 e. The summed E-state index contributed by atoms with van der Waals surface area (Å²) in [5.74, 6) is 2.67. The van der Waals surface area contributed by atoms with Gasteiger partial charge in [0.05, 0.1) is 7.11 Å². The maximum atomic E-state index is 5.25. The Morgan fingerprint density at radius 1 is 0.741 bits per heavy atom. The van der Waals surface area contributed by atoms with E-state index in [1.165, 1.54) is 80.9 Å². The molecule has 0 aromatic heterocycles. The van der Waals surface area contributed by atoms with Gasteiger partial charge in [-0.1, -0.05) is 81.8 Å². The highest BCUT2D eigenvalue weighted by Gasteiger charge is 2.22. The molecule has 3 rings (SSSR count). The summed E-state index contributed by atoms with van der Waals surface area (Å²) in [6.07, 6.45) is 14.2. The van der Waals surface area contributed by atoms with Gasteiger partial charge in [0.25, 0.3) is 0 Å². The number of methoxy groups -OCH3 is 1. The van der Waals surface area contributed by atoms with Gasteiger partial charge in [0.2, 0.25) is 0 Å². The zero-order valence-electron chi connectivity index (χ0n) is 17.3. The Bertz CT molecular complexity index is 648. The fraction of sp³-hybridized carbons (Fsp3) is 0.538. The quantitative estimate of drug-likeness (QED) is 0.410. The van der Waals surface area contributed by atoms with Crippen molar-refractivity contribution in [3.8, 4) is 16.9 Å². The number of rotatable bonds is 9. The van der Waals surface area contributed by atoms with Crippen molar-refractivity contribution in [2.75, 3.05) is 7.11 Å². The van der Waals surface area contributed by atoms with Crippen molar-refractivity contribution in [3.05, 3.63) is 54.1 Å². The van der Waals surface area contributed by atoms with E-state index < -0.39 is 0 Å². The van der Waals surface area contributed by atoms with Gasteiger partial charge in [-0.25, -0.2) is 0 Å². The Balaban J connectivity index is 1.47. The van der Waals surface area contributed by atoms with Crippen molar-refractivity contribution in [2.24, 2.45) is 5.92 Å². The molecular formula is C26H36O. The van der Waals surface area contributed by atoms with Crippen LogP contribution >= 0.6 is 0 Å². The number of hydrogen-bond donors (Lipinski definition) is 0. The van der Waals surface area contributed by atoms with Crippen molar-refractivity contribution in [3.63, 3.8) is 0 Å². The topological polar surface area (TPSA) is 9.23 Å². The first-order valence-corrected chi connectivity index (χ1v) is 11.0. The molecule has 0 radical (unpaired) electrons. The number of unbranched alkanes of at least 4 members (excludes halogenated alkanes) is 4. The molecule has 0 N–H and O–H groups in total. The molecule has 0 heterocycles. The van der Waals surface area contributed by atoms with Gasteiger partial charge in [-0.05, 0) is 66.3 Å². The number of hydrogen-bond acceptors (Lipinski definition) is 1. The van der Waals surface area contributed by atoms with E-state index in [-0.39, 0.29) is 0 Å². The SMILES string of the molecule is CCCCCCCC1CCC(c2ccc(-c3ccc(OC)cc3)cc2)CC1. The molecule has 1 heteroatoms. The normalized spacial score (nSPS) is 19.8. The smallest absolute Gasteiger partial charge is 0.118 e. The van der Waals surface area contributed by atoms with E-state index in [0.29, 0.717) is 0 Å². The van der Waals surface area contributed by atoms with Crippen LogP contribution in [0.1, 0.15) is 82.6 Å². The fourth-order valence-electron chi connectivity index (χ4n) is 4.55. The summed E-state index contributed by atoms with van der Waals surface area (Å²) in [4.78, 5) is 0.